The van der Waals surface area contributed by atoms with Crippen LogP contribution in [0.1, 0.15) is 5.56 Å². The van der Waals surface area contributed by atoms with Crippen molar-refractivity contribution in [3.05, 3.63) is 52.0 Å². The molecule has 0 radical (unpaired) electrons. The van der Waals surface area contributed by atoms with Crippen LogP contribution in [0.15, 0.2) is 46.2 Å². The van der Waals surface area contributed by atoms with Gasteiger partial charge in [-0.2, -0.15) is 0 Å². The topological polar surface area (TPSA) is 63.2 Å². The maximum Gasteiger partial charge on any atom is 0.261 e. The Balaban J connectivity index is 2.47. The van der Waals surface area contributed by atoms with E-state index in [2.05, 4.69) is 4.72 Å². The number of halogens is 2. The van der Waals surface area contributed by atoms with Gasteiger partial charge in [0, 0.05) is 16.3 Å². The summed E-state index contributed by atoms with van der Waals surface area (Å²) in [6.45, 7) is 1.72. The van der Waals surface area contributed by atoms with Gasteiger partial charge in [-0.15, -0.1) is 0 Å². The van der Waals surface area contributed by atoms with Crippen molar-refractivity contribution >= 4 is 49.7 Å². The van der Waals surface area contributed by atoms with Gasteiger partial charge in [-0.3, -0.25) is 8.93 Å². The van der Waals surface area contributed by atoms with E-state index >= 15 is 0 Å². The summed E-state index contributed by atoms with van der Waals surface area (Å²) in [5, 5.41) is 0.830. The fraction of sp³-hybridized carbons (Fsp3) is 0.143. The van der Waals surface area contributed by atoms with E-state index in [9.17, 15) is 12.6 Å². The van der Waals surface area contributed by atoms with E-state index in [-0.39, 0.29) is 10.6 Å². The number of nitrogens with one attached hydrogen (secondary N) is 1. The van der Waals surface area contributed by atoms with Crippen molar-refractivity contribution in [3.63, 3.8) is 0 Å². The fourth-order valence-electron chi connectivity index (χ4n) is 1.82. The van der Waals surface area contributed by atoms with Crippen molar-refractivity contribution in [2.75, 3.05) is 11.0 Å². The smallest absolute Gasteiger partial charge is 0.261 e. The molecule has 0 saturated carbocycles. The molecule has 0 fully saturated rings. The lowest BCUT2D eigenvalue weighted by atomic mass is 10.2. The van der Waals surface area contributed by atoms with E-state index in [1.807, 2.05) is 0 Å². The molecule has 0 aliphatic rings. The molecular formula is C14H13Cl2NO3S2. The lowest BCUT2D eigenvalue weighted by Gasteiger charge is -2.12. The minimum Gasteiger partial charge on any atom is -0.278 e. The summed E-state index contributed by atoms with van der Waals surface area (Å²) in [6, 6.07) is 8.91. The molecule has 0 spiro atoms. The summed E-state index contributed by atoms with van der Waals surface area (Å²) in [7, 11) is -5.18. The van der Waals surface area contributed by atoms with Gasteiger partial charge in [-0.25, -0.2) is 8.42 Å². The summed E-state index contributed by atoms with van der Waals surface area (Å²) in [5.41, 5.74) is 0.843. The Kier molecular flexibility index (Phi) is 5.17. The van der Waals surface area contributed by atoms with Crippen molar-refractivity contribution in [2.24, 2.45) is 0 Å². The number of aryl methyl sites for hydroxylation is 1. The summed E-state index contributed by atoms with van der Waals surface area (Å²) >= 11 is 11.8. The molecule has 0 aliphatic carbocycles. The van der Waals surface area contributed by atoms with Crippen molar-refractivity contribution in [3.8, 4) is 0 Å². The third-order valence-corrected chi connectivity index (χ3v) is 5.93. The van der Waals surface area contributed by atoms with E-state index in [1.165, 1.54) is 36.6 Å². The molecule has 4 nitrogen and oxygen atoms in total. The molecule has 0 amide bonds. The fourth-order valence-corrected chi connectivity index (χ4v) is 4.01. The first kappa shape index (κ1) is 17.3. The van der Waals surface area contributed by atoms with Crippen LogP contribution in [0.5, 0.6) is 0 Å². The summed E-state index contributed by atoms with van der Waals surface area (Å²) in [6.07, 6.45) is 1.47. The van der Waals surface area contributed by atoms with Gasteiger partial charge in [0.25, 0.3) is 10.0 Å². The molecule has 0 aliphatic heterocycles. The second-order valence-corrected chi connectivity index (χ2v) is 8.49. The lowest BCUT2D eigenvalue weighted by Crippen LogP contribution is -2.14. The molecule has 1 unspecified atom stereocenters. The SMILES string of the molecule is Cc1cc(S(=O)(=O)Nc2cc(Cl)ccc2S(C)=O)ccc1Cl. The van der Waals surface area contributed by atoms with E-state index in [0.717, 1.165) is 0 Å². The van der Waals surface area contributed by atoms with Crippen LogP contribution in [0, 0.1) is 6.92 Å². The average Bonchev–Trinajstić information content (AvgIpc) is 2.41. The van der Waals surface area contributed by atoms with Gasteiger partial charge in [0.2, 0.25) is 0 Å². The minimum absolute atomic E-state index is 0.0715. The van der Waals surface area contributed by atoms with Crippen LogP contribution in [0.4, 0.5) is 5.69 Å². The zero-order chi connectivity index (χ0) is 16.5. The van der Waals surface area contributed by atoms with Gasteiger partial charge in [0.05, 0.1) is 26.3 Å². The summed E-state index contributed by atoms with van der Waals surface area (Å²) < 4.78 is 39.0. The van der Waals surface area contributed by atoms with Crippen molar-refractivity contribution in [2.45, 2.75) is 16.7 Å². The quantitative estimate of drug-likeness (QED) is 0.879. The first-order chi connectivity index (χ1) is 10.2. The average molecular weight is 378 g/mol. The number of rotatable bonds is 4. The standard InChI is InChI=1S/C14H13Cl2NO3S2/c1-9-7-11(4-5-12(9)16)22(19,20)17-13-8-10(15)3-6-14(13)21(2)18/h3-8,17H,1-2H3. The predicted molar refractivity (Wildman–Crippen MR) is 90.8 cm³/mol. The molecular weight excluding hydrogens is 365 g/mol. The predicted octanol–water partition coefficient (Wildman–Crippen LogP) is 3.84. The van der Waals surface area contributed by atoms with Crippen LogP contribution in [-0.2, 0) is 20.8 Å². The Morgan fingerprint density at radius 1 is 1.09 bits per heavy atom. The number of anilines is 1. The van der Waals surface area contributed by atoms with Crippen molar-refractivity contribution in [1.82, 2.24) is 0 Å². The first-order valence-electron chi connectivity index (χ1n) is 6.12. The Labute approximate surface area is 142 Å². The van der Waals surface area contributed by atoms with Gasteiger partial charge in [-0.05, 0) is 48.9 Å². The Morgan fingerprint density at radius 2 is 1.77 bits per heavy atom. The molecule has 0 bridgehead atoms. The van der Waals surface area contributed by atoms with Gasteiger partial charge in [0.15, 0.2) is 0 Å². The van der Waals surface area contributed by atoms with Crippen LogP contribution < -0.4 is 4.72 Å². The van der Waals surface area contributed by atoms with E-state index in [1.54, 1.807) is 13.0 Å². The molecule has 1 N–H and O–H groups in total. The van der Waals surface area contributed by atoms with Gasteiger partial charge >= 0.3 is 0 Å². The van der Waals surface area contributed by atoms with Crippen LogP contribution in [-0.4, -0.2) is 18.9 Å². The number of benzene rings is 2. The van der Waals surface area contributed by atoms with Crippen LogP contribution >= 0.6 is 23.2 Å². The second-order valence-electron chi connectivity index (χ2n) is 4.61. The minimum atomic E-state index is -3.83. The van der Waals surface area contributed by atoms with E-state index in [0.29, 0.717) is 20.5 Å². The van der Waals surface area contributed by atoms with Gasteiger partial charge in [0.1, 0.15) is 0 Å². The molecule has 2 aromatic carbocycles. The molecule has 0 aromatic heterocycles. The van der Waals surface area contributed by atoms with Crippen molar-refractivity contribution < 1.29 is 12.6 Å². The number of hydrogen-bond donors (Lipinski definition) is 1. The summed E-state index contributed by atoms with van der Waals surface area (Å²) in [4.78, 5) is 0.431. The van der Waals surface area contributed by atoms with E-state index in [4.69, 9.17) is 23.2 Å². The Hall–Kier alpha value is -1.08. The highest BCUT2D eigenvalue weighted by atomic mass is 35.5. The highest BCUT2D eigenvalue weighted by Crippen LogP contribution is 2.27. The van der Waals surface area contributed by atoms with Crippen molar-refractivity contribution in [1.29, 1.82) is 0 Å². The highest BCUT2D eigenvalue weighted by Gasteiger charge is 2.18. The van der Waals surface area contributed by atoms with Gasteiger partial charge in [-0.1, -0.05) is 23.2 Å². The first-order valence-corrected chi connectivity index (χ1v) is 9.92. The third kappa shape index (κ3) is 3.81. The molecule has 1 atom stereocenters. The monoisotopic (exact) mass is 377 g/mol. The molecule has 2 rings (SSSR count). The number of hydrogen-bond acceptors (Lipinski definition) is 3. The van der Waals surface area contributed by atoms with Gasteiger partial charge < -0.3 is 0 Å². The number of sulfonamides is 1. The molecule has 8 heteroatoms. The molecule has 0 saturated heterocycles. The third-order valence-electron chi connectivity index (χ3n) is 2.94. The zero-order valence-corrected chi connectivity index (χ0v) is 14.9. The molecule has 118 valence electrons. The Morgan fingerprint density at radius 3 is 2.36 bits per heavy atom. The van der Waals surface area contributed by atoms with E-state index < -0.39 is 20.8 Å². The lowest BCUT2D eigenvalue weighted by molar-refractivity contribution is 0.601. The maximum atomic E-state index is 12.5. The highest BCUT2D eigenvalue weighted by molar-refractivity contribution is 7.92. The molecule has 22 heavy (non-hydrogen) atoms. The van der Waals surface area contributed by atoms with Crippen LogP contribution in [0.2, 0.25) is 10.0 Å². The maximum absolute atomic E-state index is 12.5. The van der Waals surface area contributed by atoms with Crippen LogP contribution in [0.3, 0.4) is 0 Å². The normalized spacial score (nSPS) is 12.9. The largest absolute Gasteiger partial charge is 0.278 e. The molecule has 0 heterocycles. The second kappa shape index (κ2) is 6.58. The molecule has 2 aromatic rings. The van der Waals surface area contributed by atoms with Crippen LogP contribution in [0.25, 0.3) is 0 Å². The summed E-state index contributed by atoms with van der Waals surface area (Å²) in [5.74, 6) is 0. The zero-order valence-electron chi connectivity index (χ0n) is 11.8. The Bertz CT molecular complexity index is 851.